The molecule has 5 heteroatoms. The van der Waals surface area contributed by atoms with Crippen LogP contribution in [0.25, 0.3) is 0 Å². The summed E-state index contributed by atoms with van der Waals surface area (Å²) in [6.45, 7) is 2.83. The van der Waals surface area contributed by atoms with Gasteiger partial charge in [-0.05, 0) is 13.3 Å². The van der Waals surface area contributed by atoms with Crippen molar-refractivity contribution < 1.29 is 0 Å². The van der Waals surface area contributed by atoms with E-state index in [4.69, 9.17) is 5.73 Å². The Balaban J connectivity index is 2.50. The summed E-state index contributed by atoms with van der Waals surface area (Å²) in [5.41, 5.74) is 5.65. The summed E-state index contributed by atoms with van der Waals surface area (Å²) in [5, 5.41) is 3.21. The molecule has 5 nitrogen and oxygen atoms in total. The van der Waals surface area contributed by atoms with Gasteiger partial charge in [0.1, 0.15) is 18.0 Å². The molecule has 0 aliphatic rings. The molecule has 0 saturated carbocycles. The van der Waals surface area contributed by atoms with E-state index in [1.807, 2.05) is 32.0 Å². The van der Waals surface area contributed by atoms with Crippen LogP contribution in [0, 0.1) is 0 Å². The molecule has 0 bridgehead atoms. The maximum absolute atomic E-state index is 5.65. The van der Waals surface area contributed by atoms with Gasteiger partial charge in [0.05, 0.1) is 0 Å². The van der Waals surface area contributed by atoms with Crippen molar-refractivity contribution in [1.82, 2.24) is 9.97 Å². The Morgan fingerprint density at radius 2 is 2.20 bits per heavy atom. The van der Waals surface area contributed by atoms with Crippen molar-refractivity contribution >= 4 is 11.6 Å². The van der Waals surface area contributed by atoms with E-state index < -0.39 is 0 Å². The van der Waals surface area contributed by atoms with Crippen molar-refractivity contribution in [3.63, 3.8) is 0 Å². The summed E-state index contributed by atoms with van der Waals surface area (Å²) in [4.78, 5) is 10.2. The molecule has 0 aliphatic carbocycles. The molecule has 1 aromatic heterocycles. The lowest BCUT2D eigenvalue weighted by Gasteiger charge is -2.12. The SMILES string of the molecule is CC(N)CCNc1cc(N(C)C)ncn1. The van der Waals surface area contributed by atoms with Gasteiger partial charge in [0.25, 0.3) is 0 Å². The van der Waals surface area contributed by atoms with E-state index in [-0.39, 0.29) is 6.04 Å². The number of nitrogens with two attached hydrogens (primary N) is 1. The van der Waals surface area contributed by atoms with Crippen LogP contribution in [0.2, 0.25) is 0 Å². The summed E-state index contributed by atoms with van der Waals surface area (Å²) in [6, 6.07) is 2.13. The number of rotatable bonds is 5. The minimum Gasteiger partial charge on any atom is -0.370 e. The fourth-order valence-electron chi connectivity index (χ4n) is 1.12. The van der Waals surface area contributed by atoms with Crippen LogP contribution in [0.4, 0.5) is 11.6 Å². The highest BCUT2D eigenvalue weighted by atomic mass is 15.2. The number of anilines is 2. The molecule has 84 valence electrons. The van der Waals surface area contributed by atoms with E-state index >= 15 is 0 Å². The molecule has 0 spiro atoms. The van der Waals surface area contributed by atoms with Gasteiger partial charge < -0.3 is 16.0 Å². The number of hydrogen-bond acceptors (Lipinski definition) is 5. The van der Waals surface area contributed by atoms with Crippen LogP contribution < -0.4 is 16.0 Å². The highest BCUT2D eigenvalue weighted by Crippen LogP contribution is 2.10. The van der Waals surface area contributed by atoms with E-state index in [1.54, 1.807) is 6.33 Å². The van der Waals surface area contributed by atoms with Crippen molar-refractivity contribution in [3.8, 4) is 0 Å². The Morgan fingerprint density at radius 1 is 1.47 bits per heavy atom. The van der Waals surface area contributed by atoms with Crippen LogP contribution in [-0.2, 0) is 0 Å². The molecule has 0 radical (unpaired) electrons. The Kier molecular flexibility index (Phi) is 4.30. The standard InChI is InChI=1S/C10H19N5/c1-8(11)4-5-12-9-6-10(15(2)3)14-7-13-9/h6-8H,4-5,11H2,1-3H3,(H,12,13,14). The van der Waals surface area contributed by atoms with Crippen LogP contribution in [0.15, 0.2) is 12.4 Å². The van der Waals surface area contributed by atoms with Crippen molar-refractivity contribution in [2.45, 2.75) is 19.4 Å². The van der Waals surface area contributed by atoms with Gasteiger partial charge in [-0.25, -0.2) is 9.97 Å². The summed E-state index contributed by atoms with van der Waals surface area (Å²) in [5.74, 6) is 1.74. The van der Waals surface area contributed by atoms with Crippen molar-refractivity contribution in [2.75, 3.05) is 30.9 Å². The quantitative estimate of drug-likeness (QED) is 0.747. The molecule has 15 heavy (non-hydrogen) atoms. The van der Waals surface area contributed by atoms with Gasteiger partial charge in [0.2, 0.25) is 0 Å². The van der Waals surface area contributed by atoms with Gasteiger partial charge in [0.15, 0.2) is 0 Å². The van der Waals surface area contributed by atoms with Crippen LogP contribution in [0.1, 0.15) is 13.3 Å². The molecule has 1 heterocycles. The average molecular weight is 209 g/mol. The minimum atomic E-state index is 0.215. The van der Waals surface area contributed by atoms with Gasteiger partial charge in [-0.15, -0.1) is 0 Å². The predicted molar refractivity (Wildman–Crippen MR) is 63.1 cm³/mol. The van der Waals surface area contributed by atoms with Crippen molar-refractivity contribution in [1.29, 1.82) is 0 Å². The maximum atomic E-state index is 5.65. The summed E-state index contributed by atoms with van der Waals surface area (Å²) in [6.07, 6.45) is 2.49. The predicted octanol–water partition coefficient (Wildman–Crippen LogP) is 0.692. The molecule has 0 aliphatic heterocycles. The summed E-state index contributed by atoms with van der Waals surface area (Å²) >= 11 is 0. The third-order valence-corrected chi connectivity index (χ3v) is 2.02. The highest BCUT2D eigenvalue weighted by Gasteiger charge is 2.00. The van der Waals surface area contributed by atoms with Gasteiger partial charge in [-0.1, -0.05) is 0 Å². The van der Waals surface area contributed by atoms with Gasteiger partial charge in [-0.2, -0.15) is 0 Å². The minimum absolute atomic E-state index is 0.215. The summed E-state index contributed by atoms with van der Waals surface area (Å²) in [7, 11) is 3.90. The maximum Gasteiger partial charge on any atom is 0.133 e. The molecule has 0 saturated heterocycles. The van der Waals surface area contributed by atoms with E-state index in [0.717, 1.165) is 24.6 Å². The molecule has 1 unspecified atom stereocenters. The average Bonchev–Trinajstić information content (AvgIpc) is 2.17. The zero-order chi connectivity index (χ0) is 11.3. The molecular formula is C10H19N5. The number of hydrogen-bond donors (Lipinski definition) is 2. The second-order valence-electron chi connectivity index (χ2n) is 3.85. The molecule has 0 aromatic carbocycles. The first-order chi connectivity index (χ1) is 7.09. The van der Waals surface area contributed by atoms with E-state index in [0.29, 0.717) is 0 Å². The smallest absolute Gasteiger partial charge is 0.133 e. The third kappa shape index (κ3) is 4.12. The zero-order valence-electron chi connectivity index (χ0n) is 9.57. The number of nitrogens with zero attached hydrogens (tertiary/aromatic N) is 3. The highest BCUT2D eigenvalue weighted by molar-refractivity contribution is 5.47. The monoisotopic (exact) mass is 209 g/mol. The first-order valence-corrected chi connectivity index (χ1v) is 5.08. The molecule has 1 atom stereocenters. The Morgan fingerprint density at radius 3 is 2.80 bits per heavy atom. The van der Waals surface area contributed by atoms with Gasteiger partial charge in [-0.3, -0.25) is 0 Å². The van der Waals surface area contributed by atoms with E-state index in [9.17, 15) is 0 Å². The third-order valence-electron chi connectivity index (χ3n) is 2.02. The fourth-order valence-corrected chi connectivity index (χ4v) is 1.12. The van der Waals surface area contributed by atoms with Crippen molar-refractivity contribution in [2.24, 2.45) is 5.73 Å². The molecule has 1 rings (SSSR count). The van der Waals surface area contributed by atoms with Crippen LogP contribution in [0.5, 0.6) is 0 Å². The first-order valence-electron chi connectivity index (χ1n) is 5.08. The second kappa shape index (κ2) is 5.50. The van der Waals surface area contributed by atoms with Crippen LogP contribution in [0.3, 0.4) is 0 Å². The zero-order valence-corrected chi connectivity index (χ0v) is 9.57. The second-order valence-corrected chi connectivity index (χ2v) is 3.85. The van der Waals surface area contributed by atoms with Gasteiger partial charge in [0, 0.05) is 32.7 Å². The van der Waals surface area contributed by atoms with E-state index in [1.165, 1.54) is 0 Å². The lowest BCUT2D eigenvalue weighted by molar-refractivity contribution is 0.689. The van der Waals surface area contributed by atoms with E-state index in [2.05, 4.69) is 15.3 Å². The van der Waals surface area contributed by atoms with Crippen molar-refractivity contribution in [3.05, 3.63) is 12.4 Å². The topological polar surface area (TPSA) is 67.1 Å². The molecule has 0 fully saturated rings. The normalized spacial score (nSPS) is 12.3. The molecule has 0 amide bonds. The lowest BCUT2D eigenvalue weighted by atomic mass is 10.2. The van der Waals surface area contributed by atoms with Crippen LogP contribution in [-0.4, -0.2) is 36.6 Å². The number of aromatic nitrogens is 2. The van der Waals surface area contributed by atoms with Gasteiger partial charge >= 0.3 is 0 Å². The summed E-state index contributed by atoms with van der Waals surface area (Å²) < 4.78 is 0. The Bertz CT molecular complexity index is 298. The largest absolute Gasteiger partial charge is 0.370 e. The lowest BCUT2D eigenvalue weighted by Crippen LogP contribution is -2.19. The first kappa shape index (κ1) is 11.7. The fraction of sp³-hybridized carbons (Fsp3) is 0.600. The molecule has 3 N–H and O–H groups in total. The number of nitrogens with one attached hydrogen (secondary N) is 1. The Hall–Kier alpha value is -1.36. The molecule has 1 aromatic rings. The Labute approximate surface area is 90.7 Å². The van der Waals surface area contributed by atoms with Crippen LogP contribution >= 0.6 is 0 Å². The molecular weight excluding hydrogens is 190 g/mol.